The third kappa shape index (κ3) is 4.02. The minimum Gasteiger partial charge on any atom is -0.414 e. The molecule has 1 nitrogen and oxygen atoms in total. The summed E-state index contributed by atoms with van der Waals surface area (Å²) in [5.74, 6) is 2.56. The molecule has 3 heteroatoms. The van der Waals surface area contributed by atoms with E-state index in [9.17, 15) is 0 Å². The molecule has 2 aliphatic carbocycles. The number of halogens is 1. The Labute approximate surface area is 160 Å². The minimum atomic E-state index is -1.66. The Bertz CT molecular complexity index is 403. The quantitative estimate of drug-likeness (QED) is 0.253. The van der Waals surface area contributed by atoms with Crippen LogP contribution in [0.15, 0.2) is 0 Å². The summed E-state index contributed by atoms with van der Waals surface area (Å²) in [5.41, 5.74) is 0.522. The zero-order valence-corrected chi connectivity index (χ0v) is 19.7. The van der Waals surface area contributed by atoms with Crippen molar-refractivity contribution in [2.75, 3.05) is 4.43 Å². The van der Waals surface area contributed by atoms with Crippen LogP contribution in [0.4, 0.5) is 0 Å². The molecule has 5 atom stereocenters. The van der Waals surface area contributed by atoms with E-state index in [2.05, 4.69) is 70.3 Å². The van der Waals surface area contributed by atoms with Gasteiger partial charge in [-0.2, -0.15) is 0 Å². The van der Waals surface area contributed by atoms with Gasteiger partial charge in [0.15, 0.2) is 8.32 Å². The molecule has 0 aromatic rings. The van der Waals surface area contributed by atoms with Crippen LogP contribution in [0, 0.1) is 23.2 Å². The molecule has 0 aromatic heterocycles. The Balaban J connectivity index is 2.21. The van der Waals surface area contributed by atoms with E-state index < -0.39 is 8.32 Å². The first-order valence-electron chi connectivity index (χ1n) is 9.77. The highest BCUT2D eigenvalue weighted by atomic mass is 127. The van der Waals surface area contributed by atoms with Gasteiger partial charge in [-0.3, -0.25) is 0 Å². The first kappa shape index (κ1) is 20.2. The molecule has 0 heterocycles. The molecule has 136 valence electrons. The summed E-state index contributed by atoms with van der Waals surface area (Å²) >= 11 is 2.60. The van der Waals surface area contributed by atoms with Crippen LogP contribution in [0.25, 0.3) is 0 Å². The zero-order chi connectivity index (χ0) is 17.5. The fraction of sp³-hybridized carbons (Fsp3) is 1.00. The van der Waals surface area contributed by atoms with E-state index in [0.717, 1.165) is 17.8 Å². The van der Waals surface area contributed by atoms with Crippen molar-refractivity contribution >= 4 is 30.9 Å². The van der Waals surface area contributed by atoms with Gasteiger partial charge in [-0.25, -0.2) is 0 Å². The molecule has 0 bridgehead atoms. The second kappa shape index (κ2) is 7.26. The molecule has 2 aliphatic rings. The van der Waals surface area contributed by atoms with E-state index in [1.165, 1.54) is 43.0 Å². The number of rotatable bonds is 4. The Kier molecular flexibility index (Phi) is 6.39. The average molecular weight is 451 g/mol. The van der Waals surface area contributed by atoms with Crippen LogP contribution in [0.2, 0.25) is 18.1 Å². The third-order valence-electron chi connectivity index (χ3n) is 7.56. The molecular formula is C20H39IOSi. The van der Waals surface area contributed by atoms with Crippen LogP contribution in [0.5, 0.6) is 0 Å². The molecule has 0 radical (unpaired) electrons. The highest BCUT2D eigenvalue weighted by Gasteiger charge is 2.52. The fourth-order valence-corrected chi connectivity index (χ4v) is 7.10. The van der Waals surface area contributed by atoms with Gasteiger partial charge in [-0.1, -0.05) is 70.1 Å². The third-order valence-corrected chi connectivity index (χ3v) is 13.5. The van der Waals surface area contributed by atoms with E-state index >= 15 is 0 Å². The summed E-state index contributed by atoms with van der Waals surface area (Å²) < 4.78 is 8.28. The van der Waals surface area contributed by atoms with E-state index in [-0.39, 0.29) is 0 Å². The normalized spacial score (nSPS) is 37.3. The minimum absolute atomic E-state index is 0.324. The molecule has 0 N–H and O–H groups in total. The summed E-state index contributed by atoms with van der Waals surface area (Å²) in [6.45, 7) is 17.1. The smallest absolute Gasteiger partial charge is 0.192 e. The lowest BCUT2D eigenvalue weighted by Gasteiger charge is -2.56. The van der Waals surface area contributed by atoms with Crippen molar-refractivity contribution in [1.29, 1.82) is 0 Å². The van der Waals surface area contributed by atoms with Crippen LogP contribution in [0.1, 0.15) is 73.1 Å². The van der Waals surface area contributed by atoms with Gasteiger partial charge in [0.1, 0.15) is 0 Å². The van der Waals surface area contributed by atoms with Gasteiger partial charge in [0, 0.05) is 10.5 Å². The van der Waals surface area contributed by atoms with Gasteiger partial charge in [0.2, 0.25) is 0 Å². The molecule has 4 unspecified atom stereocenters. The molecule has 2 saturated carbocycles. The van der Waals surface area contributed by atoms with Crippen molar-refractivity contribution < 1.29 is 4.43 Å². The maximum absolute atomic E-state index is 6.98. The number of hydrogen-bond donors (Lipinski definition) is 0. The van der Waals surface area contributed by atoms with Crippen molar-refractivity contribution in [2.45, 2.75) is 97.4 Å². The SMILES string of the molecule is C[C@H](CI)C1CCCC2C(O[Si](C)(C)C(C)(C)C)CCCC21C. The molecular weight excluding hydrogens is 411 g/mol. The van der Waals surface area contributed by atoms with E-state index in [4.69, 9.17) is 4.43 Å². The van der Waals surface area contributed by atoms with Gasteiger partial charge in [0.25, 0.3) is 0 Å². The summed E-state index contributed by atoms with van der Waals surface area (Å²) in [4.78, 5) is 0. The first-order chi connectivity index (χ1) is 10.5. The van der Waals surface area contributed by atoms with E-state index in [0.29, 0.717) is 16.6 Å². The Hall–Kier alpha value is 0.907. The van der Waals surface area contributed by atoms with Crippen LogP contribution in [-0.2, 0) is 4.43 Å². The molecule has 23 heavy (non-hydrogen) atoms. The highest BCUT2D eigenvalue weighted by Crippen LogP contribution is 2.57. The molecule has 2 fully saturated rings. The molecule has 0 saturated heterocycles. The first-order valence-corrected chi connectivity index (χ1v) is 14.2. The van der Waals surface area contributed by atoms with Gasteiger partial charge < -0.3 is 4.43 Å². The molecule has 0 aromatic carbocycles. The Morgan fingerprint density at radius 1 is 1.17 bits per heavy atom. The van der Waals surface area contributed by atoms with Crippen molar-refractivity contribution in [3.8, 4) is 0 Å². The van der Waals surface area contributed by atoms with Crippen molar-refractivity contribution in [3.63, 3.8) is 0 Å². The predicted molar refractivity (Wildman–Crippen MR) is 113 cm³/mol. The largest absolute Gasteiger partial charge is 0.414 e. The van der Waals surface area contributed by atoms with Gasteiger partial charge in [0.05, 0.1) is 0 Å². The van der Waals surface area contributed by atoms with Gasteiger partial charge >= 0.3 is 0 Å². The average Bonchev–Trinajstić information content (AvgIpc) is 2.44. The van der Waals surface area contributed by atoms with Crippen molar-refractivity contribution in [2.24, 2.45) is 23.2 Å². The molecule has 0 amide bonds. The fourth-order valence-electron chi connectivity index (χ4n) is 5.10. The highest BCUT2D eigenvalue weighted by molar-refractivity contribution is 14.1. The summed E-state index contributed by atoms with van der Waals surface area (Å²) in [7, 11) is -1.66. The Morgan fingerprint density at radius 3 is 2.39 bits per heavy atom. The monoisotopic (exact) mass is 450 g/mol. The summed E-state index contributed by atoms with van der Waals surface area (Å²) in [6, 6.07) is 0. The van der Waals surface area contributed by atoms with Crippen LogP contribution in [-0.4, -0.2) is 18.8 Å². The Morgan fingerprint density at radius 2 is 1.83 bits per heavy atom. The van der Waals surface area contributed by atoms with E-state index in [1.807, 2.05) is 0 Å². The van der Waals surface area contributed by atoms with Gasteiger partial charge in [-0.15, -0.1) is 0 Å². The topological polar surface area (TPSA) is 9.23 Å². The van der Waals surface area contributed by atoms with Crippen molar-refractivity contribution in [3.05, 3.63) is 0 Å². The predicted octanol–water partition coefficient (Wildman–Crippen LogP) is 7.05. The summed E-state index contributed by atoms with van der Waals surface area (Å²) in [6.07, 6.45) is 8.90. The molecule has 0 spiro atoms. The maximum Gasteiger partial charge on any atom is 0.192 e. The van der Waals surface area contributed by atoms with E-state index in [1.54, 1.807) is 0 Å². The summed E-state index contributed by atoms with van der Waals surface area (Å²) in [5, 5.41) is 0.324. The number of hydrogen-bond acceptors (Lipinski definition) is 1. The number of alkyl halides is 1. The molecule has 0 aliphatic heterocycles. The van der Waals surface area contributed by atoms with Crippen LogP contribution in [0.3, 0.4) is 0 Å². The van der Waals surface area contributed by atoms with Crippen LogP contribution >= 0.6 is 22.6 Å². The standard InChI is InChI=1S/C20H39IOSi/c1-15(14-21)16-10-8-11-17-18(12-9-13-20(16,17)5)22-23(6,7)19(2,3)4/h15-18H,8-14H2,1-7H3/t15-,16?,17?,18?,20?/m1/s1. The second-order valence-electron chi connectivity index (χ2n) is 10.1. The molecule has 2 rings (SSSR count). The second-order valence-corrected chi connectivity index (χ2v) is 15.7. The lowest BCUT2D eigenvalue weighted by molar-refractivity contribution is -0.0837. The van der Waals surface area contributed by atoms with Crippen LogP contribution < -0.4 is 0 Å². The lowest BCUT2D eigenvalue weighted by atomic mass is 9.52. The number of fused-ring (bicyclic) bond motifs is 1. The maximum atomic E-state index is 6.98. The lowest BCUT2D eigenvalue weighted by Crippen LogP contribution is -2.54. The zero-order valence-electron chi connectivity index (χ0n) is 16.5. The van der Waals surface area contributed by atoms with Gasteiger partial charge in [-0.05, 0) is 67.0 Å². The van der Waals surface area contributed by atoms with Crippen molar-refractivity contribution in [1.82, 2.24) is 0 Å².